The van der Waals surface area contributed by atoms with Crippen LogP contribution in [0, 0.1) is 5.41 Å². The molecule has 26 heavy (non-hydrogen) atoms. The molecule has 0 aromatic heterocycles. The van der Waals surface area contributed by atoms with E-state index in [4.69, 9.17) is 4.74 Å². The van der Waals surface area contributed by atoms with Crippen molar-refractivity contribution < 1.29 is 14.3 Å². The third-order valence-corrected chi connectivity index (χ3v) is 5.51. The van der Waals surface area contributed by atoms with E-state index in [0.29, 0.717) is 31.5 Å². The van der Waals surface area contributed by atoms with E-state index in [-0.39, 0.29) is 18.0 Å². The summed E-state index contributed by atoms with van der Waals surface area (Å²) in [4.78, 5) is 31.2. The van der Waals surface area contributed by atoms with Gasteiger partial charge in [0.2, 0.25) is 0 Å². The van der Waals surface area contributed by atoms with Crippen molar-refractivity contribution in [3.05, 3.63) is 29.8 Å². The molecule has 6 heteroatoms. The number of rotatable bonds is 4. The van der Waals surface area contributed by atoms with Gasteiger partial charge in [-0.05, 0) is 45.1 Å². The van der Waals surface area contributed by atoms with Crippen LogP contribution in [0.3, 0.4) is 0 Å². The maximum atomic E-state index is 12.9. The second-order valence-electron chi connectivity index (χ2n) is 8.01. The summed E-state index contributed by atoms with van der Waals surface area (Å²) in [6.45, 7) is 1.97. The molecule has 0 radical (unpaired) electrons. The predicted molar refractivity (Wildman–Crippen MR) is 101 cm³/mol. The SMILES string of the molecule is CN(C)CC1CC2(CCN(C(=O)c3cccc(N(C)C)c3)CC2)C(=O)O1. The van der Waals surface area contributed by atoms with Crippen LogP contribution in [0.1, 0.15) is 29.6 Å². The Morgan fingerprint density at radius 3 is 2.54 bits per heavy atom. The fourth-order valence-electron chi connectivity index (χ4n) is 3.99. The van der Waals surface area contributed by atoms with Crippen LogP contribution in [0.15, 0.2) is 24.3 Å². The summed E-state index contributed by atoms with van der Waals surface area (Å²) in [5, 5.41) is 0. The van der Waals surface area contributed by atoms with E-state index < -0.39 is 5.41 Å². The van der Waals surface area contributed by atoms with Crippen LogP contribution < -0.4 is 4.90 Å². The van der Waals surface area contributed by atoms with Gasteiger partial charge in [-0.3, -0.25) is 9.59 Å². The van der Waals surface area contributed by atoms with Crippen LogP contribution in [0.5, 0.6) is 0 Å². The van der Waals surface area contributed by atoms with E-state index in [2.05, 4.69) is 0 Å². The molecule has 1 amide bonds. The molecule has 6 nitrogen and oxygen atoms in total. The zero-order valence-electron chi connectivity index (χ0n) is 16.2. The summed E-state index contributed by atoms with van der Waals surface area (Å²) in [5.74, 6) is -0.0363. The van der Waals surface area contributed by atoms with E-state index in [1.54, 1.807) is 0 Å². The van der Waals surface area contributed by atoms with E-state index in [1.807, 2.05) is 67.2 Å². The average molecular weight is 359 g/mol. The largest absolute Gasteiger partial charge is 0.461 e. The number of esters is 1. The number of benzene rings is 1. The van der Waals surface area contributed by atoms with Crippen molar-refractivity contribution in [1.82, 2.24) is 9.80 Å². The second kappa shape index (κ2) is 7.27. The maximum absolute atomic E-state index is 12.9. The quantitative estimate of drug-likeness (QED) is 0.768. The number of carbonyl (C=O) groups excluding carboxylic acids is 2. The van der Waals surface area contributed by atoms with Gasteiger partial charge in [0.15, 0.2) is 0 Å². The van der Waals surface area contributed by atoms with Crippen LogP contribution in [0.2, 0.25) is 0 Å². The first-order chi connectivity index (χ1) is 12.3. The lowest BCUT2D eigenvalue weighted by Crippen LogP contribution is -2.45. The summed E-state index contributed by atoms with van der Waals surface area (Å²) < 4.78 is 5.60. The summed E-state index contributed by atoms with van der Waals surface area (Å²) in [6.07, 6.45) is 2.11. The number of piperidine rings is 1. The molecule has 2 aliphatic rings. The molecule has 1 aromatic rings. The number of ether oxygens (including phenoxy) is 1. The minimum atomic E-state index is -0.400. The summed E-state index contributed by atoms with van der Waals surface area (Å²) in [6, 6.07) is 7.68. The number of anilines is 1. The Bertz CT molecular complexity index is 679. The lowest BCUT2D eigenvalue weighted by molar-refractivity contribution is -0.150. The highest BCUT2D eigenvalue weighted by atomic mass is 16.6. The van der Waals surface area contributed by atoms with Crippen molar-refractivity contribution in [1.29, 1.82) is 0 Å². The van der Waals surface area contributed by atoms with Gasteiger partial charge in [0.25, 0.3) is 5.91 Å². The molecule has 0 N–H and O–H groups in total. The number of likely N-dealkylation sites (tertiary alicyclic amines) is 1. The zero-order valence-corrected chi connectivity index (χ0v) is 16.2. The Balaban J connectivity index is 1.64. The number of amides is 1. The first kappa shape index (κ1) is 18.7. The Morgan fingerprint density at radius 1 is 1.23 bits per heavy atom. The number of hydrogen-bond donors (Lipinski definition) is 0. The topological polar surface area (TPSA) is 53.1 Å². The molecule has 142 valence electrons. The number of hydrogen-bond acceptors (Lipinski definition) is 5. The highest BCUT2D eigenvalue weighted by molar-refractivity contribution is 5.95. The monoisotopic (exact) mass is 359 g/mol. The summed E-state index contributed by atoms with van der Waals surface area (Å²) in [5.41, 5.74) is 1.31. The molecular weight excluding hydrogens is 330 g/mol. The lowest BCUT2D eigenvalue weighted by Gasteiger charge is -2.36. The highest BCUT2D eigenvalue weighted by Gasteiger charge is 2.50. The second-order valence-corrected chi connectivity index (χ2v) is 8.01. The molecule has 2 fully saturated rings. The third-order valence-electron chi connectivity index (χ3n) is 5.51. The van der Waals surface area contributed by atoms with Gasteiger partial charge in [-0.1, -0.05) is 6.07 Å². The van der Waals surface area contributed by atoms with Gasteiger partial charge in [-0.15, -0.1) is 0 Å². The molecule has 0 aliphatic carbocycles. The fraction of sp³-hybridized carbons (Fsp3) is 0.600. The van der Waals surface area contributed by atoms with Crippen LogP contribution in [-0.2, 0) is 9.53 Å². The molecule has 1 atom stereocenters. The van der Waals surface area contributed by atoms with E-state index in [0.717, 1.165) is 18.7 Å². The van der Waals surface area contributed by atoms with E-state index in [9.17, 15) is 9.59 Å². The zero-order chi connectivity index (χ0) is 18.9. The molecule has 1 aromatic carbocycles. The van der Waals surface area contributed by atoms with Crippen molar-refractivity contribution in [2.45, 2.75) is 25.4 Å². The van der Waals surface area contributed by atoms with Crippen molar-refractivity contribution >= 4 is 17.6 Å². The molecule has 2 aliphatic heterocycles. The van der Waals surface area contributed by atoms with Gasteiger partial charge in [-0.25, -0.2) is 0 Å². The normalized spacial score (nSPS) is 22.0. The molecule has 0 bridgehead atoms. The van der Waals surface area contributed by atoms with Crippen molar-refractivity contribution in [2.24, 2.45) is 5.41 Å². The fourth-order valence-corrected chi connectivity index (χ4v) is 3.99. The van der Waals surface area contributed by atoms with E-state index in [1.165, 1.54) is 0 Å². The Kier molecular flexibility index (Phi) is 5.23. The molecule has 2 saturated heterocycles. The van der Waals surface area contributed by atoms with Crippen LogP contribution in [-0.4, -0.2) is 75.6 Å². The Hall–Kier alpha value is -2.08. The van der Waals surface area contributed by atoms with Gasteiger partial charge in [0.1, 0.15) is 6.10 Å². The number of likely N-dealkylation sites (N-methyl/N-ethyl adjacent to an activating group) is 1. The Labute approximate surface area is 155 Å². The van der Waals surface area contributed by atoms with Crippen LogP contribution in [0.25, 0.3) is 0 Å². The van der Waals surface area contributed by atoms with Gasteiger partial charge in [0, 0.05) is 51.4 Å². The first-order valence-corrected chi connectivity index (χ1v) is 9.23. The standard InChI is InChI=1S/C20H29N3O3/c1-21(2)14-17-13-20(19(25)26-17)8-10-23(11-9-20)18(24)15-6-5-7-16(12-15)22(3)4/h5-7,12,17H,8-11,13-14H2,1-4H3. The van der Waals surface area contributed by atoms with E-state index >= 15 is 0 Å². The van der Waals surface area contributed by atoms with Crippen molar-refractivity contribution in [2.75, 3.05) is 52.7 Å². The maximum Gasteiger partial charge on any atom is 0.312 e. The van der Waals surface area contributed by atoms with Gasteiger partial charge in [-0.2, -0.15) is 0 Å². The summed E-state index contributed by atoms with van der Waals surface area (Å²) in [7, 11) is 7.90. The van der Waals surface area contributed by atoms with Gasteiger partial charge in [0.05, 0.1) is 5.41 Å². The minimum Gasteiger partial charge on any atom is -0.461 e. The highest BCUT2D eigenvalue weighted by Crippen LogP contribution is 2.43. The minimum absolute atomic E-state index is 0.0310. The third kappa shape index (κ3) is 3.70. The van der Waals surface area contributed by atoms with Crippen molar-refractivity contribution in [3.8, 4) is 0 Å². The molecule has 1 unspecified atom stereocenters. The smallest absolute Gasteiger partial charge is 0.312 e. The molecule has 3 rings (SSSR count). The molecule has 2 heterocycles. The van der Waals surface area contributed by atoms with Gasteiger partial charge < -0.3 is 19.4 Å². The lowest BCUT2D eigenvalue weighted by atomic mass is 9.76. The van der Waals surface area contributed by atoms with Crippen molar-refractivity contribution in [3.63, 3.8) is 0 Å². The summed E-state index contributed by atoms with van der Waals surface area (Å²) >= 11 is 0. The van der Waals surface area contributed by atoms with Crippen LogP contribution in [0.4, 0.5) is 5.69 Å². The number of nitrogens with zero attached hydrogens (tertiary/aromatic N) is 3. The molecular formula is C20H29N3O3. The average Bonchev–Trinajstić information content (AvgIpc) is 2.89. The first-order valence-electron chi connectivity index (χ1n) is 9.23. The van der Waals surface area contributed by atoms with Gasteiger partial charge >= 0.3 is 5.97 Å². The van der Waals surface area contributed by atoms with Crippen LogP contribution >= 0.6 is 0 Å². The molecule has 0 saturated carbocycles. The predicted octanol–water partition coefficient (Wildman–Crippen LogP) is 1.85. The Morgan fingerprint density at radius 2 is 1.92 bits per heavy atom. The number of cyclic esters (lactones) is 1. The number of carbonyl (C=O) groups is 2. The molecule has 1 spiro atoms.